The van der Waals surface area contributed by atoms with E-state index in [1.54, 1.807) is 0 Å². The van der Waals surface area contributed by atoms with E-state index in [1.165, 1.54) is 0 Å². The summed E-state index contributed by atoms with van der Waals surface area (Å²) >= 11 is 10.7. The van der Waals surface area contributed by atoms with E-state index in [0.29, 0.717) is 0 Å². The minimum Gasteiger partial charge on any atom is -0.429 e. The van der Waals surface area contributed by atoms with Crippen LogP contribution in [0.25, 0.3) is 5.69 Å². The number of anilines is 1. The fourth-order valence-electron chi connectivity index (χ4n) is 2.46. The lowest BCUT2D eigenvalue weighted by atomic mass is 10.1. The van der Waals surface area contributed by atoms with Crippen LogP contribution in [0.3, 0.4) is 0 Å². The zero-order chi connectivity index (χ0) is 20.1. The Labute approximate surface area is 158 Å². The molecule has 0 spiro atoms. The zero-order valence-electron chi connectivity index (χ0n) is 12.9. The highest BCUT2D eigenvalue weighted by molar-refractivity contribution is 6.32. The van der Waals surface area contributed by atoms with Gasteiger partial charge in [0, 0.05) is 12.1 Å². The summed E-state index contributed by atoms with van der Waals surface area (Å²) in [6.45, 7) is 0. The predicted molar refractivity (Wildman–Crippen MR) is 89.6 cm³/mol. The van der Waals surface area contributed by atoms with Gasteiger partial charge in [0.25, 0.3) is 23.0 Å². The molecule has 0 fully saturated rings. The Morgan fingerprint density at radius 1 is 1.19 bits per heavy atom. The van der Waals surface area contributed by atoms with Crippen molar-refractivity contribution in [2.75, 3.05) is 5.73 Å². The van der Waals surface area contributed by atoms with Crippen molar-refractivity contribution in [2.24, 2.45) is 0 Å². The first-order valence-corrected chi connectivity index (χ1v) is 7.90. The number of hydrogen-bond acceptors (Lipinski definition) is 5. The molecule has 1 aromatic heterocycles. The third-order valence-corrected chi connectivity index (χ3v) is 4.19. The molecule has 2 heterocycles. The average Bonchev–Trinajstić information content (AvgIpc) is 2.84. The number of halogens is 5. The molecule has 1 aliphatic rings. The minimum absolute atomic E-state index is 0.119. The molecule has 1 aliphatic heterocycles. The van der Waals surface area contributed by atoms with Gasteiger partial charge in [-0.15, -0.1) is 0 Å². The number of pyridine rings is 1. The Bertz CT molecular complexity index is 1040. The van der Waals surface area contributed by atoms with Gasteiger partial charge in [0.15, 0.2) is 0 Å². The highest BCUT2D eigenvalue weighted by Gasteiger charge is 2.42. The number of benzene rings is 1. The summed E-state index contributed by atoms with van der Waals surface area (Å²) < 4.78 is 44.4. The molecule has 1 aromatic carbocycles. The van der Waals surface area contributed by atoms with Crippen LogP contribution in [-0.4, -0.2) is 28.1 Å². The largest absolute Gasteiger partial charge is 0.444 e. The van der Waals surface area contributed by atoms with Crippen LogP contribution in [0.5, 0.6) is 5.75 Å². The topological polar surface area (TPSA) is 103 Å². The van der Waals surface area contributed by atoms with E-state index >= 15 is 0 Å². The number of nitrogen functional groups attached to an aromatic ring is 1. The summed E-state index contributed by atoms with van der Waals surface area (Å²) in [5.41, 5.74) is 1.13. The molecule has 1 atom stereocenters. The molecular formula is C15H8Cl2F3N3O4. The number of nitrogens with zero attached hydrogens (tertiary/aromatic N) is 1. The summed E-state index contributed by atoms with van der Waals surface area (Å²) in [4.78, 5) is 35.9. The predicted octanol–water partition coefficient (Wildman–Crippen LogP) is 2.46. The van der Waals surface area contributed by atoms with Crippen LogP contribution in [0, 0.1) is 0 Å². The van der Waals surface area contributed by atoms with Crippen molar-refractivity contribution in [1.82, 2.24) is 9.88 Å². The Balaban J connectivity index is 2.17. The molecule has 7 nitrogen and oxygen atoms in total. The summed E-state index contributed by atoms with van der Waals surface area (Å²) in [6.07, 6.45) is -4.35. The van der Waals surface area contributed by atoms with Gasteiger partial charge in [-0.3, -0.25) is 24.3 Å². The van der Waals surface area contributed by atoms with Crippen LogP contribution in [0.15, 0.2) is 29.1 Å². The van der Waals surface area contributed by atoms with E-state index in [9.17, 15) is 27.6 Å². The Kier molecular flexibility index (Phi) is 4.56. The number of rotatable bonds is 4. The second kappa shape index (κ2) is 6.46. The fraction of sp³-hybridized carbons (Fsp3) is 0.133. The number of aromatic nitrogens is 1. The molecule has 0 aliphatic carbocycles. The SMILES string of the molecule is Nc1c2c(cc(=O)n1-c1cc(OC(F)(F)C(F)Cl)ccc1Cl)C(=O)NC2=O. The Morgan fingerprint density at radius 2 is 1.85 bits per heavy atom. The summed E-state index contributed by atoms with van der Waals surface area (Å²) in [5, 5.41) is 1.86. The van der Waals surface area contributed by atoms with Crippen molar-refractivity contribution in [3.05, 3.63) is 50.8 Å². The number of ether oxygens (including phenoxy) is 1. The van der Waals surface area contributed by atoms with Gasteiger partial charge in [0.1, 0.15) is 11.6 Å². The highest BCUT2D eigenvalue weighted by Crippen LogP contribution is 2.33. The first kappa shape index (κ1) is 19.1. The van der Waals surface area contributed by atoms with Crippen LogP contribution in [-0.2, 0) is 0 Å². The monoisotopic (exact) mass is 421 g/mol. The maximum atomic E-state index is 13.4. The Hall–Kier alpha value is -2.72. The smallest absolute Gasteiger partial charge is 0.429 e. The van der Waals surface area contributed by atoms with Crippen LogP contribution >= 0.6 is 23.2 Å². The second-order valence-electron chi connectivity index (χ2n) is 5.35. The molecule has 3 N–H and O–H groups in total. The third-order valence-electron chi connectivity index (χ3n) is 3.62. The van der Waals surface area contributed by atoms with Gasteiger partial charge in [0.2, 0.25) is 0 Å². The van der Waals surface area contributed by atoms with Gasteiger partial charge >= 0.3 is 6.11 Å². The number of hydrogen-bond donors (Lipinski definition) is 2. The Morgan fingerprint density at radius 3 is 2.48 bits per heavy atom. The number of fused-ring (bicyclic) bond motifs is 1. The first-order valence-electron chi connectivity index (χ1n) is 7.09. The van der Waals surface area contributed by atoms with Gasteiger partial charge in [-0.1, -0.05) is 23.2 Å². The summed E-state index contributed by atoms with van der Waals surface area (Å²) in [7, 11) is 0. The molecule has 2 amide bonds. The molecule has 27 heavy (non-hydrogen) atoms. The molecule has 12 heteroatoms. The molecule has 0 radical (unpaired) electrons. The maximum absolute atomic E-state index is 13.4. The molecule has 0 saturated heterocycles. The lowest BCUT2D eigenvalue weighted by molar-refractivity contribution is -0.199. The number of amides is 2. The van der Waals surface area contributed by atoms with Gasteiger partial charge in [-0.2, -0.15) is 8.78 Å². The molecule has 0 saturated carbocycles. The van der Waals surface area contributed by atoms with E-state index in [2.05, 4.69) is 4.74 Å². The summed E-state index contributed by atoms with van der Waals surface area (Å²) in [5.74, 6) is -2.65. The lowest BCUT2D eigenvalue weighted by Crippen LogP contribution is -2.32. The van der Waals surface area contributed by atoms with Crippen LogP contribution in [0.1, 0.15) is 20.7 Å². The van der Waals surface area contributed by atoms with Crippen LogP contribution in [0.4, 0.5) is 19.0 Å². The highest BCUT2D eigenvalue weighted by atomic mass is 35.5. The number of nitrogens with one attached hydrogen (secondary N) is 1. The van der Waals surface area contributed by atoms with E-state index in [1.807, 2.05) is 5.32 Å². The molecule has 2 aromatic rings. The van der Waals surface area contributed by atoms with E-state index < -0.39 is 40.7 Å². The second-order valence-corrected chi connectivity index (χ2v) is 6.14. The molecule has 3 rings (SSSR count). The third kappa shape index (κ3) is 3.21. The van der Waals surface area contributed by atoms with Gasteiger partial charge in [-0.25, -0.2) is 4.39 Å². The van der Waals surface area contributed by atoms with Crippen molar-refractivity contribution in [2.45, 2.75) is 11.7 Å². The van der Waals surface area contributed by atoms with Crippen molar-refractivity contribution in [3.63, 3.8) is 0 Å². The number of imide groups is 1. The van der Waals surface area contributed by atoms with Crippen LogP contribution < -0.4 is 21.3 Å². The van der Waals surface area contributed by atoms with Gasteiger partial charge in [-0.05, 0) is 12.1 Å². The summed E-state index contributed by atoms with van der Waals surface area (Å²) in [6, 6.07) is 3.81. The van der Waals surface area contributed by atoms with E-state index in [-0.39, 0.29) is 21.8 Å². The lowest BCUT2D eigenvalue weighted by Gasteiger charge is -2.19. The quantitative estimate of drug-likeness (QED) is 0.582. The number of carbonyl (C=O) groups is 2. The van der Waals surface area contributed by atoms with E-state index in [4.69, 9.17) is 28.9 Å². The molecule has 1 unspecified atom stereocenters. The standard InChI is InChI=1S/C15H8Cl2F3N3O4/c16-7-2-1-5(27-15(19,20)14(17)18)3-8(7)23-9(24)4-6-10(11(23)21)13(26)22-12(6)25/h1-4,14H,21H2,(H,22,25,26). The first-order chi connectivity index (χ1) is 12.5. The minimum atomic E-state index is -4.35. The van der Waals surface area contributed by atoms with Crippen molar-refractivity contribution >= 4 is 40.8 Å². The number of alkyl halides is 4. The normalized spacial score (nSPS) is 14.7. The van der Waals surface area contributed by atoms with Crippen molar-refractivity contribution in [1.29, 1.82) is 0 Å². The number of carbonyl (C=O) groups excluding carboxylic acids is 2. The molecule has 142 valence electrons. The fourth-order valence-corrected chi connectivity index (χ4v) is 2.70. The zero-order valence-corrected chi connectivity index (χ0v) is 14.4. The number of nitrogens with two attached hydrogens (primary N) is 1. The van der Waals surface area contributed by atoms with E-state index in [0.717, 1.165) is 28.8 Å². The van der Waals surface area contributed by atoms with Crippen LogP contribution in [0.2, 0.25) is 5.02 Å². The van der Waals surface area contributed by atoms with Gasteiger partial charge in [0.05, 0.1) is 21.8 Å². The average molecular weight is 422 g/mol. The van der Waals surface area contributed by atoms with Crippen molar-refractivity contribution < 1.29 is 27.5 Å². The van der Waals surface area contributed by atoms with Crippen molar-refractivity contribution in [3.8, 4) is 11.4 Å². The van der Waals surface area contributed by atoms with Gasteiger partial charge < -0.3 is 10.5 Å². The molecule has 0 bridgehead atoms. The molecular weight excluding hydrogens is 414 g/mol. The maximum Gasteiger partial charge on any atom is 0.444 e.